The van der Waals surface area contributed by atoms with E-state index in [1.807, 2.05) is 0 Å². The van der Waals surface area contributed by atoms with Crippen LogP contribution in [-0.4, -0.2) is 21.1 Å². The van der Waals surface area contributed by atoms with Crippen LogP contribution in [0.3, 0.4) is 0 Å². The van der Waals surface area contributed by atoms with Crippen molar-refractivity contribution in [2.45, 2.75) is 5.25 Å². The van der Waals surface area contributed by atoms with E-state index in [4.69, 9.17) is 5.21 Å². The van der Waals surface area contributed by atoms with Crippen molar-refractivity contribution in [2.75, 3.05) is 5.75 Å². The number of amides is 1. The molecule has 2 rings (SSSR count). The molecule has 1 atom stereocenters. The van der Waals surface area contributed by atoms with Gasteiger partial charge in [-0.15, -0.1) is 0 Å². The van der Waals surface area contributed by atoms with E-state index in [0.29, 0.717) is 11.1 Å². The predicted octanol–water partition coefficient (Wildman–Crippen LogP) is 2.31. The molecule has 0 aliphatic rings. The number of nitrogens with one attached hydrogen (secondary N) is 1. The zero-order valence-corrected chi connectivity index (χ0v) is 12.1. The lowest BCUT2D eigenvalue weighted by molar-refractivity contribution is -0.126. The van der Waals surface area contributed by atoms with Gasteiger partial charge in [-0.25, -0.2) is 14.3 Å². The zero-order valence-electron chi connectivity index (χ0n) is 11.3. The second kappa shape index (κ2) is 7.24. The molecule has 0 radical (unpaired) electrons. The first-order chi connectivity index (χ1) is 10.5. The molecular weight excluding hydrogens is 312 g/mol. The fraction of sp³-hybridized carbons (Fsp3) is 0.133. The molecule has 0 saturated heterocycles. The molecule has 0 spiro atoms. The highest BCUT2D eigenvalue weighted by Crippen LogP contribution is 2.28. The lowest BCUT2D eigenvalue weighted by atomic mass is 10.0. The monoisotopic (exact) mass is 325 g/mol. The number of carbonyl (C=O) groups is 1. The third-order valence-corrected chi connectivity index (χ3v) is 4.62. The minimum atomic E-state index is -1.72. The van der Waals surface area contributed by atoms with E-state index in [1.165, 1.54) is 54.0 Å². The third-order valence-electron chi connectivity index (χ3n) is 3.01. The highest BCUT2D eigenvalue weighted by molar-refractivity contribution is 7.86. The average molecular weight is 325 g/mol. The van der Waals surface area contributed by atoms with Gasteiger partial charge < -0.3 is 0 Å². The summed E-state index contributed by atoms with van der Waals surface area (Å²) in [6.45, 7) is 0. The van der Waals surface area contributed by atoms with Crippen LogP contribution in [0.1, 0.15) is 16.4 Å². The van der Waals surface area contributed by atoms with E-state index in [9.17, 15) is 17.8 Å². The van der Waals surface area contributed by atoms with Crippen molar-refractivity contribution in [3.8, 4) is 0 Å². The summed E-state index contributed by atoms with van der Waals surface area (Å²) >= 11 is 0. The summed E-state index contributed by atoms with van der Waals surface area (Å²) in [6, 6.07) is 10.7. The Hall–Kier alpha value is -2.12. The predicted molar refractivity (Wildman–Crippen MR) is 77.6 cm³/mol. The second-order valence-corrected chi connectivity index (χ2v) is 6.06. The van der Waals surface area contributed by atoms with Crippen LogP contribution in [0.2, 0.25) is 0 Å². The van der Waals surface area contributed by atoms with Gasteiger partial charge in [-0.1, -0.05) is 24.3 Å². The van der Waals surface area contributed by atoms with Crippen LogP contribution in [0.5, 0.6) is 0 Å². The van der Waals surface area contributed by atoms with Crippen molar-refractivity contribution >= 4 is 16.7 Å². The van der Waals surface area contributed by atoms with Crippen molar-refractivity contribution in [3.05, 3.63) is 71.3 Å². The Morgan fingerprint density at radius 1 is 1.00 bits per heavy atom. The SMILES string of the molecule is O=C(C[S@@](=O)C(c1ccc(F)cc1)c1ccc(F)cc1)NO. The molecule has 0 fully saturated rings. The van der Waals surface area contributed by atoms with Crippen LogP contribution < -0.4 is 5.48 Å². The Labute approximate surface area is 128 Å². The molecule has 0 aromatic heterocycles. The molecule has 2 aromatic carbocycles. The van der Waals surface area contributed by atoms with Gasteiger partial charge >= 0.3 is 0 Å². The smallest absolute Gasteiger partial charge is 0.255 e. The Morgan fingerprint density at radius 3 is 1.77 bits per heavy atom. The van der Waals surface area contributed by atoms with E-state index >= 15 is 0 Å². The quantitative estimate of drug-likeness (QED) is 0.655. The summed E-state index contributed by atoms with van der Waals surface area (Å²) in [5.74, 6) is -2.12. The molecular formula is C15H13F2NO3S. The molecule has 116 valence electrons. The lowest BCUT2D eigenvalue weighted by Gasteiger charge is -2.17. The van der Waals surface area contributed by atoms with Gasteiger partial charge in [0.25, 0.3) is 5.91 Å². The molecule has 4 nitrogen and oxygen atoms in total. The summed E-state index contributed by atoms with van der Waals surface area (Å²) in [5, 5.41) is 7.81. The molecule has 22 heavy (non-hydrogen) atoms. The topological polar surface area (TPSA) is 66.4 Å². The molecule has 0 aliphatic heterocycles. The zero-order chi connectivity index (χ0) is 16.1. The first kappa shape index (κ1) is 16.3. The summed E-state index contributed by atoms with van der Waals surface area (Å²) in [4.78, 5) is 11.2. The number of halogens is 2. The molecule has 2 aromatic rings. The molecule has 0 heterocycles. The van der Waals surface area contributed by atoms with Crippen LogP contribution in [-0.2, 0) is 15.6 Å². The molecule has 7 heteroatoms. The standard InChI is InChI=1S/C15H13F2NO3S/c16-12-5-1-10(2-6-12)15(22(21)9-14(19)18-20)11-3-7-13(17)8-4-11/h1-8,15,20H,9H2,(H,18,19)/t22-/m1/s1. The van der Waals surface area contributed by atoms with Crippen molar-refractivity contribution in [1.29, 1.82) is 0 Å². The van der Waals surface area contributed by atoms with E-state index in [2.05, 4.69) is 0 Å². The van der Waals surface area contributed by atoms with Gasteiger partial charge in [0, 0.05) is 10.8 Å². The van der Waals surface area contributed by atoms with Crippen LogP contribution in [0, 0.1) is 11.6 Å². The van der Waals surface area contributed by atoms with E-state index < -0.39 is 39.3 Å². The fourth-order valence-corrected chi connectivity index (χ4v) is 3.43. The van der Waals surface area contributed by atoms with E-state index in [-0.39, 0.29) is 0 Å². The van der Waals surface area contributed by atoms with Crippen LogP contribution in [0.15, 0.2) is 48.5 Å². The van der Waals surface area contributed by atoms with Crippen LogP contribution >= 0.6 is 0 Å². The normalized spacial score (nSPS) is 12.2. The highest BCUT2D eigenvalue weighted by atomic mass is 32.2. The fourth-order valence-electron chi connectivity index (χ4n) is 2.02. The highest BCUT2D eigenvalue weighted by Gasteiger charge is 2.23. The first-order valence-corrected chi connectivity index (χ1v) is 7.70. The summed E-state index contributed by atoms with van der Waals surface area (Å²) in [7, 11) is -1.72. The van der Waals surface area contributed by atoms with Crippen molar-refractivity contribution in [2.24, 2.45) is 0 Å². The Balaban J connectivity index is 2.39. The van der Waals surface area contributed by atoms with Gasteiger partial charge in [0.2, 0.25) is 0 Å². The number of hydrogen-bond acceptors (Lipinski definition) is 3. The van der Waals surface area contributed by atoms with Gasteiger partial charge in [0.15, 0.2) is 0 Å². The van der Waals surface area contributed by atoms with Crippen molar-refractivity contribution in [1.82, 2.24) is 5.48 Å². The van der Waals surface area contributed by atoms with E-state index in [0.717, 1.165) is 0 Å². The number of hydroxylamine groups is 1. The van der Waals surface area contributed by atoms with E-state index in [1.54, 1.807) is 0 Å². The minimum Gasteiger partial charge on any atom is -0.289 e. The summed E-state index contributed by atoms with van der Waals surface area (Å²) in [5.41, 5.74) is 2.47. The third kappa shape index (κ3) is 3.96. The summed E-state index contributed by atoms with van der Waals surface area (Å²) in [6.07, 6.45) is 0. The lowest BCUT2D eigenvalue weighted by Crippen LogP contribution is -2.27. The number of benzene rings is 2. The average Bonchev–Trinajstić information content (AvgIpc) is 2.51. The molecule has 1 amide bonds. The Morgan fingerprint density at radius 2 is 1.41 bits per heavy atom. The molecule has 0 saturated carbocycles. The van der Waals surface area contributed by atoms with Crippen LogP contribution in [0.25, 0.3) is 0 Å². The van der Waals surface area contributed by atoms with Gasteiger partial charge in [-0.2, -0.15) is 0 Å². The maximum atomic E-state index is 13.0. The molecule has 2 N–H and O–H groups in total. The van der Waals surface area contributed by atoms with Crippen molar-refractivity contribution in [3.63, 3.8) is 0 Å². The maximum absolute atomic E-state index is 13.0. The minimum absolute atomic E-state index is 0.435. The molecule has 0 unspecified atom stereocenters. The second-order valence-electron chi connectivity index (χ2n) is 4.54. The summed E-state index contributed by atoms with van der Waals surface area (Å²) < 4.78 is 38.5. The van der Waals surface area contributed by atoms with Crippen molar-refractivity contribution < 1.29 is 23.0 Å². The number of rotatable bonds is 5. The number of carbonyl (C=O) groups excluding carboxylic acids is 1. The van der Waals surface area contributed by atoms with Gasteiger partial charge in [0.1, 0.15) is 17.4 Å². The van der Waals surface area contributed by atoms with Crippen LogP contribution in [0.4, 0.5) is 8.78 Å². The molecule has 0 aliphatic carbocycles. The Bertz CT molecular complexity index is 629. The number of hydrogen-bond donors (Lipinski definition) is 2. The van der Waals surface area contributed by atoms with Gasteiger partial charge in [-0.05, 0) is 35.4 Å². The van der Waals surface area contributed by atoms with Gasteiger partial charge in [-0.3, -0.25) is 14.2 Å². The molecule has 0 bridgehead atoms. The maximum Gasteiger partial charge on any atom is 0.255 e. The Kier molecular flexibility index (Phi) is 5.35. The van der Waals surface area contributed by atoms with Gasteiger partial charge in [0.05, 0.1) is 5.25 Å². The largest absolute Gasteiger partial charge is 0.289 e. The first-order valence-electron chi connectivity index (χ1n) is 6.32.